The van der Waals surface area contributed by atoms with Crippen molar-refractivity contribution in [2.75, 3.05) is 39.0 Å². The van der Waals surface area contributed by atoms with E-state index in [1.54, 1.807) is 38.4 Å². The minimum absolute atomic E-state index is 0. The zero-order valence-electron chi connectivity index (χ0n) is 12.6. The summed E-state index contributed by atoms with van der Waals surface area (Å²) >= 11 is 0. The summed E-state index contributed by atoms with van der Waals surface area (Å²) in [4.78, 5) is 24.9. The number of halogens is 1. The smallest absolute Gasteiger partial charge is 0.321 e. The first-order chi connectivity index (χ1) is 9.54. The summed E-state index contributed by atoms with van der Waals surface area (Å²) in [6.07, 6.45) is 0. The Labute approximate surface area is 131 Å². The van der Waals surface area contributed by atoms with Crippen molar-refractivity contribution in [1.29, 1.82) is 0 Å². The predicted octanol–water partition coefficient (Wildman–Crippen LogP) is 1.54. The monoisotopic (exact) mass is 314 g/mol. The van der Waals surface area contributed by atoms with Crippen molar-refractivity contribution in [2.45, 2.75) is 6.92 Å². The van der Waals surface area contributed by atoms with Gasteiger partial charge in [0.05, 0.1) is 0 Å². The molecule has 0 aliphatic carbocycles. The maximum absolute atomic E-state index is 11.9. The van der Waals surface area contributed by atoms with E-state index in [9.17, 15) is 9.59 Å². The van der Waals surface area contributed by atoms with Crippen LogP contribution in [0.25, 0.3) is 0 Å². The molecule has 118 valence electrons. The fourth-order valence-electron chi connectivity index (χ4n) is 1.52. The lowest BCUT2D eigenvalue weighted by Gasteiger charge is -2.12. The van der Waals surface area contributed by atoms with Crippen molar-refractivity contribution >= 4 is 30.0 Å². The van der Waals surface area contributed by atoms with Gasteiger partial charge in [0.1, 0.15) is 0 Å². The van der Waals surface area contributed by atoms with Crippen molar-refractivity contribution < 1.29 is 9.59 Å². The average molecular weight is 315 g/mol. The van der Waals surface area contributed by atoms with E-state index in [-0.39, 0.29) is 24.3 Å². The molecule has 0 bridgehead atoms. The van der Waals surface area contributed by atoms with E-state index in [0.29, 0.717) is 17.8 Å². The minimum Gasteiger partial charge on any atom is -0.351 e. The van der Waals surface area contributed by atoms with Gasteiger partial charge in [-0.3, -0.25) is 4.79 Å². The number of hydrogen-bond acceptors (Lipinski definition) is 3. The van der Waals surface area contributed by atoms with Crippen LogP contribution in [0.2, 0.25) is 0 Å². The molecule has 0 heterocycles. The van der Waals surface area contributed by atoms with E-state index in [1.165, 1.54) is 4.90 Å². The summed E-state index contributed by atoms with van der Waals surface area (Å²) in [5, 5.41) is 8.65. The molecule has 6 nitrogen and oxygen atoms in total. The Morgan fingerprint density at radius 3 is 2.52 bits per heavy atom. The summed E-state index contributed by atoms with van der Waals surface area (Å²) < 4.78 is 0. The molecule has 1 rings (SSSR count). The van der Waals surface area contributed by atoms with Crippen molar-refractivity contribution in [3.8, 4) is 0 Å². The van der Waals surface area contributed by atoms with Crippen LogP contribution < -0.4 is 16.0 Å². The number of hydrogen-bond donors (Lipinski definition) is 3. The number of nitrogens with zero attached hydrogens (tertiary/aromatic N) is 1. The van der Waals surface area contributed by atoms with Gasteiger partial charge in [0, 0.05) is 38.4 Å². The van der Waals surface area contributed by atoms with Crippen molar-refractivity contribution in [2.24, 2.45) is 0 Å². The third-order valence-electron chi connectivity index (χ3n) is 2.62. The summed E-state index contributed by atoms with van der Waals surface area (Å²) in [7, 11) is 3.32. The number of amides is 3. The molecule has 0 saturated carbocycles. The molecule has 3 N–H and O–H groups in total. The third-order valence-corrected chi connectivity index (χ3v) is 2.62. The zero-order chi connectivity index (χ0) is 15.0. The van der Waals surface area contributed by atoms with Crippen LogP contribution in [-0.2, 0) is 0 Å². The number of nitrogens with one attached hydrogen (secondary N) is 3. The molecular formula is C14H23ClN4O2. The summed E-state index contributed by atoms with van der Waals surface area (Å²) in [5.41, 5.74) is 1.13. The quantitative estimate of drug-likeness (QED) is 0.697. The lowest BCUT2D eigenvalue weighted by molar-refractivity contribution is 0.0954. The highest BCUT2D eigenvalue weighted by Crippen LogP contribution is 2.11. The molecule has 0 aliphatic heterocycles. The first kappa shape index (κ1) is 19.2. The van der Waals surface area contributed by atoms with Crippen LogP contribution >= 0.6 is 12.4 Å². The van der Waals surface area contributed by atoms with Crippen LogP contribution in [0.1, 0.15) is 17.3 Å². The molecule has 3 amide bonds. The molecule has 1 aromatic rings. The molecule has 21 heavy (non-hydrogen) atoms. The standard InChI is InChI=1S/C14H22N4O2.ClH/c1-4-15-8-9-16-13(19)11-6-5-7-12(10-11)17-14(20)18(2)3;/h5-7,10,15H,4,8-9H2,1-3H3,(H,16,19)(H,17,20);1H. The van der Waals surface area contributed by atoms with Gasteiger partial charge < -0.3 is 20.9 Å². The fourth-order valence-corrected chi connectivity index (χ4v) is 1.52. The zero-order valence-corrected chi connectivity index (χ0v) is 13.4. The Balaban J connectivity index is 0.00000400. The first-order valence-electron chi connectivity index (χ1n) is 6.62. The Bertz CT molecular complexity index is 466. The van der Waals surface area contributed by atoms with Gasteiger partial charge in [-0.2, -0.15) is 0 Å². The van der Waals surface area contributed by atoms with Crippen molar-refractivity contribution in [1.82, 2.24) is 15.5 Å². The van der Waals surface area contributed by atoms with Gasteiger partial charge in [0.15, 0.2) is 0 Å². The molecule has 0 aromatic heterocycles. The summed E-state index contributed by atoms with van der Waals surface area (Å²) in [6, 6.07) is 6.63. The second-order valence-electron chi connectivity index (χ2n) is 4.51. The minimum atomic E-state index is -0.227. The number of rotatable bonds is 6. The van der Waals surface area contributed by atoms with E-state index < -0.39 is 0 Å². The average Bonchev–Trinajstić information content (AvgIpc) is 2.43. The molecule has 0 aliphatic rings. The molecule has 0 saturated heterocycles. The Morgan fingerprint density at radius 2 is 1.90 bits per heavy atom. The SMILES string of the molecule is CCNCCNC(=O)c1cccc(NC(=O)N(C)C)c1.Cl. The number of likely N-dealkylation sites (N-methyl/N-ethyl adjacent to an activating group) is 1. The summed E-state index contributed by atoms with van der Waals surface area (Å²) in [6.45, 7) is 4.20. The van der Waals surface area contributed by atoms with Crippen LogP contribution in [0.3, 0.4) is 0 Å². The van der Waals surface area contributed by atoms with Crippen LogP contribution in [0.4, 0.5) is 10.5 Å². The van der Waals surface area contributed by atoms with E-state index >= 15 is 0 Å². The van der Waals surface area contributed by atoms with Crippen molar-refractivity contribution in [3.05, 3.63) is 29.8 Å². The molecular weight excluding hydrogens is 292 g/mol. The lowest BCUT2D eigenvalue weighted by atomic mass is 10.2. The topological polar surface area (TPSA) is 73.5 Å². The maximum Gasteiger partial charge on any atom is 0.321 e. The lowest BCUT2D eigenvalue weighted by Crippen LogP contribution is -2.32. The fraction of sp³-hybridized carbons (Fsp3) is 0.429. The molecule has 0 spiro atoms. The first-order valence-corrected chi connectivity index (χ1v) is 6.62. The van der Waals surface area contributed by atoms with E-state index in [2.05, 4.69) is 16.0 Å². The molecule has 1 aromatic carbocycles. The molecule has 0 atom stereocenters. The Kier molecular flexibility index (Phi) is 9.16. The normalized spacial score (nSPS) is 9.48. The number of benzene rings is 1. The molecule has 0 fully saturated rings. The van der Waals surface area contributed by atoms with Gasteiger partial charge in [0.2, 0.25) is 0 Å². The predicted molar refractivity (Wildman–Crippen MR) is 87.3 cm³/mol. The maximum atomic E-state index is 11.9. The molecule has 7 heteroatoms. The largest absolute Gasteiger partial charge is 0.351 e. The number of carbonyl (C=O) groups is 2. The molecule has 0 unspecified atom stereocenters. The van der Waals surface area contributed by atoms with Gasteiger partial charge >= 0.3 is 6.03 Å². The van der Waals surface area contributed by atoms with E-state index in [1.807, 2.05) is 6.92 Å². The van der Waals surface area contributed by atoms with E-state index in [4.69, 9.17) is 0 Å². The van der Waals surface area contributed by atoms with Crippen molar-refractivity contribution in [3.63, 3.8) is 0 Å². The highest BCUT2D eigenvalue weighted by molar-refractivity contribution is 5.96. The Morgan fingerprint density at radius 1 is 1.19 bits per heavy atom. The van der Waals surface area contributed by atoms with Crippen LogP contribution in [0.5, 0.6) is 0 Å². The second kappa shape index (κ2) is 10.0. The number of urea groups is 1. The summed E-state index contributed by atoms with van der Waals surface area (Å²) in [5.74, 6) is -0.149. The van der Waals surface area contributed by atoms with Gasteiger partial charge in [0.25, 0.3) is 5.91 Å². The molecule has 0 radical (unpaired) electrons. The van der Waals surface area contributed by atoms with Crippen LogP contribution in [-0.4, -0.2) is 50.6 Å². The van der Waals surface area contributed by atoms with Gasteiger partial charge in [-0.1, -0.05) is 13.0 Å². The number of carbonyl (C=O) groups excluding carboxylic acids is 2. The van der Waals surface area contributed by atoms with Crippen LogP contribution in [0, 0.1) is 0 Å². The Hall–Kier alpha value is -1.79. The van der Waals surface area contributed by atoms with Gasteiger partial charge in [-0.15, -0.1) is 12.4 Å². The van der Waals surface area contributed by atoms with E-state index in [0.717, 1.165) is 13.1 Å². The second-order valence-corrected chi connectivity index (χ2v) is 4.51. The van der Waals surface area contributed by atoms with Gasteiger partial charge in [-0.25, -0.2) is 4.79 Å². The van der Waals surface area contributed by atoms with Gasteiger partial charge in [-0.05, 0) is 24.7 Å². The highest BCUT2D eigenvalue weighted by atomic mass is 35.5. The highest BCUT2D eigenvalue weighted by Gasteiger charge is 2.08. The third kappa shape index (κ3) is 6.97. The van der Waals surface area contributed by atoms with Crippen LogP contribution in [0.15, 0.2) is 24.3 Å². The number of anilines is 1.